The Kier molecular flexibility index (Phi) is 3.94. The lowest BCUT2D eigenvalue weighted by Gasteiger charge is -2.24. The molecule has 0 aliphatic carbocycles. The van der Waals surface area contributed by atoms with Crippen molar-refractivity contribution in [2.45, 2.75) is 18.9 Å². The number of carbonyl (C=O) groups excluding carboxylic acids is 1. The second kappa shape index (κ2) is 6.19. The molecule has 1 unspecified atom stereocenters. The van der Waals surface area contributed by atoms with Crippen molar-refractivity contribution < 1.29 is 9.18 Å². The van der Waals surface area contributed by atoms with Gasteiger partial charge in [-0.25, -0.2) is 14.2 Å². The van der Waals surface area contributed by atoms with Crippen molar-refractivity contribution in [1.82, 2.24) is 24.0 Å². The lowest BCUT2D eigenvalue weighted by Crippen LogP contribution is -2.42. The Bertz CT molecular complexity index is 1180. The summed E-state index contributed by atoms with van der Waals surface area (Å²) in [6.45, 7) is 0.484. The third-order valence-electron chi connectivity index (χ3n) is 5.04. The minimum absolute atomic E-state index is 0.0390. The molecular formula is C18H18FN5O3. The predicted octanol–water partition coefficient (Wildman–Crippen LogP) is 1.08. The molecule has 1 aliphatic heterocycles. The number of hydrogen-bond acceptors (Lipinski definition) is 4. The summed E-state index contributed by atoms with van der Waals surface area (Å²) in [6.07, 6.45) is 1.45. The summed E-state index contributed by atoms with van der Waals surface area (Å²) >= 11 is 0. The van der Waals surface area contributed by atoms with Crippen molar-refractivity contribution in [1.29, 1.82) is 0 Å². The van der Waals surface area contributed by atoms with E-state index in [0.717, 1.165) is 11.0 Å². The Morgan fingerprint density at radius 2 is 2.00 bits per heavy atom. The Hall–Kier alpha value is -3.23. The molecule has 1 atom stereocenters. The number of hydrogen-bond donors (Lipinski definition) is 1. The van der Waals surface area contributed by atoms with Crippen LogP contribution in [0.1, 0.15) is 35.2 Å². The standard InChI is InChI=1S/C18H18FN5O3/c1-22-14(9-15(25)23(2)18(22)27)17(26)24-7-3-4-13(24)16-20-11-6-5-10(19)8-12(11)21-16/h5-6,8-9,13H,3-4,7H2,1-2H3,(H,20,21). The minimum atomic E-state index is -0.555. The molecule has 0 bridgehead atoms. The van der Waals surface area contributed by atoms with Gasteiger partial charge in [-0.3, -0.25) is 18.7 Å². The number of imidazole rings is 1. The van der Waals surface area contributed by atoms with Crippen LogP contribution >= 0.6 is 0 Å². The van der Waals surface area contributed by atoms with Gasteiger partial charge in [-0.1, -0.05) is 0 Å². The molecule has 4 rings (SSSR count). The maximum absolute atomic E-state index is 13.4. The molecule has 1 saturated heterocycles. The molecule has 9 heteroatoms. The molecule has 1 N–H and O–H groups in total. The van der Waals surface area contributed by atoms with Gasteiger partial charge in [0.05, 0.1) is 17.1 Å². The van der Waals surface area contributed by atoms with E-state index in [1.54, 1.807) is 11.0 Å². The number of nitrogens with one attached hydrogen (secondary N) is 1. The predicted molar refractivity (Wildman–Crippen MR) is 96.0 cm³/mol. The van der Waals surface area contributed by atoms with Crippen LogP contribution in [0.3, 0.4) is 0 Å². The van der Waals surface area contributed by atoms with Gasteiger partial charge in [0.1, 0.15) is 17.3 Å². The van der Waals surface area contributed by atoms with E-state index in [0.29, 0.717) is 29.8 Å². The Morgan fingerprint density at radius 3 is 2.78 bits per heavy atom. The van der Waals surface area contributed by atoms with E-state index in [1.165, 1.54) is 36.9 Å². The molecule has 0 spiro atoms. The summed E-state index contributed by atoms with van der Waals surface area (Å²) in [5.74, 6) is -0.205. The number of amides is 1. The molecule has 27 heavy (non-hydrogen) atoms. The fourth-order valence-electron chi connectivity index (χ4n) is 3.54. The Labute approximate surface area is 152 Å². The van der Waals surface area contributed by atoms with E-state index in [-0.39, 0.29) is 17.6 Å². The number of benzene rings is 1. The van der Waals surface area contributed by atoms with E-state index in [1.807, 2.05) is 0 Å². The topological polar surface area (TPSA) is 93.0 Å². The first kappa shape index (κ1) is 17.2. The van der Waals surface area contributed by atoms with E-state index < -0.39 is 17.2 Å². The lowest BCUT2D eigenvalue weighted by atomic mass is 10.2. The zero-order valence-electron chi connectivity index (χ0n) is 14.9. The van der Waals surface area contributed by atoms with Crippen molar-refractivity contribution in [2.75, 3.05) is 6.54 Å². The van der Waals surface area contributed by atoms with Crippen LogP contribution in [-0.2, 0) is 14.1 Å². The number of rotatable bonds is 2. The summed E-state index contributed by atoms with van der Waals surface area (Å²) in [7, 11) is 2.83. The molecule has 140 valence electrons. The molecule has 1 aliphatic rings. The van der Waals surface area contributed by atoms with Crippen LogP contribution in [0.25, 0.3) is 11.0 Å². The summed E-state index contributed by atoms with van der Waals surface area (Å²) in [6, 6.07) is 5.12. The van der Waals surface area contributed by atoms with Gasteiger partial charge in [0.25, 0.3) is 11.5 Å². The number of likely N-dealkylation sites (tertiary alicyclic amines) is 1. The molecular weight excluding hydrogens is 353 g/mol. The van der Waals surface area contributed by atoms with Gasteiger partial charge in [-0.15, -0.1) is 0 Å². The second-order valence-corrected chi connectivity index (χ2v) is 6.71. The molecule has 1 amide bonds. The van der Waals surface area contributed by atoms with Gasteiger partial charge in [-0.05, 0) is 31.0 Å². The molecule has 2 aromatic heterocycles. The van der Waals surface area contributed by atoms with Crippen LogP contribution in [-0.4, -0.2) is 36.5 Å². The number of nitrogens with zero attached hydrogens (tertiary/aromatic N) is 4. The molecule has 3 heterocycles. The normalized spacial score (nSPS) is 17.0. The summed E-state index contributed by atoms with van der Waals surface area (Å²) in [5, 5.41) is 0. The van der Waals surface area contributed by atoms with Crippen LogP contribution in [0.4, 0.5) is 4.39 Å². The van der Waals surface area contributed by atoms with E-state index in [9.17, 15) is 18.8 Å². The SMILES string of the molecule is Cn1c(C(=O)N2CCCC2c2nc3ccc(F)cc3[nH]2)cc(=O)n(C)c1=O. The number of aromatic nitrogens is 4. The number of halogens is 1. The first-order valence-electron chi connectivity index (χ1n) is 8.60. The number of fused-ring (bicyclic) bond motifs is 1. The Balaban J connectivity index is 1.74. The number of H-pyrrole nitrogens is 1. The van der Waals surface area contributed by atoms with E-state index in [4.69, 9.17) is 0 Å². The van der Waals surface area contributed by atoms with Gasteiger partial charge in [-0.2, -0.15) is 0 Å². The van der Waals surface area contributed by atoms with Crippen LogP contribution in [0.5, 0.6) is 0 Å². The van der Waals surface area contributed by atoms with Gasteiger partial charge in [0, 0.05) is 26.7 Å². The summed E-state index contributed by atoms with van der Waals surface area (Å²) < 4.78 is 15.5. The Morgan fingerprint density at radius 1 is 1.22 bits per heavy atom. The fraction of sp³-hybridized carbons (Fsp3) is 0.333. The lowest BCUT2D eigenvalue weighted by molar-refractivity contribution is 0.0718. The van der Waals surface area contributed by atoms with Crippen molar-refractivity contribution in [3.63, 3.8) is 0 Å². The molecule has 8 nitrogen and oxygen atoms in total. The monoisotopic (exact) mass is 371 g/mol. The maximum Gasteiger partial charge on any atom is 0.331 e. The van der Waals surface area contributed by atoms with E-state index in [2.05, 4.69) is 9.97 Å². The maximum atomic E-state index is 13.4. The van der Waals surface area contributed by atoms with Gasteiger partial charge < -0.3 is 9.88 Å². The number of carbonyl (C=O) groups is 1. The zero-order chi connectivity index (χ0) is 19.3. The van der Waals surface area contributed by atoms with Crippen molar-refractivity contribution in [3.8, 4) is 0 Å². The minimum Gasteiger partial charge on any atom is -0.340 e. The summed E-state index contributed by atoms with van der Waals surface area (Å²) in [4.78, 5) is 46.3. The van der Waals surface area contributed by atoms with Gasteiger partial charge in [0.2, 0.25) is 0 Å². The quantitative estimate of drug-likeness (QED) is 0.729. The zero-order valence-corrected chi connectivity index (χ0v) is 14.9. The molecule has 0 radical (unpaired) electrons. The highest BCUT2D eigenvalue weighted by Crippen LogP contribution is 2.32. The number of aromatic amines is 1. The molecule has 0 saturated carbocycles. The fourth-order valence-corrected chi connectivity index (χ4v) is 3.54. The van der Waals surface area contributed by atoms with Crippen LogP contribution < -0.4 is 11.2 Å². The highest BCUT2D eigenvalue weighted by atomic mass is 19.1. The molecule has 3 aromatic rings. The van der Waals surface area contributed by atoms with Gasteiger partial charge >= 0.3 is 5.69 Å². The first-order chi connectivity index (χ1) is 12.9. The van der Waals surface area contributed by atoms with Crippen LogP contribution in [0, 0.1) is 5.82 Å². The average Bonchev–Trinajstić information content (AvgIpc) is 3.28. The third-order valence-corrected chi connectivity index (χ3v) is 5.04. The largest absolute Gasteiger partial charge is 0.340 e. The molecule has 1 fully saturated rings. The van der Waals surface area contributed by atoms with Gasteiger partial charge in [0.15, 0.2) is 0 Å². The first-order valence-corrected chi connectivity index (χ1v) is 8.60. The average molecular weight is 371 g/mol. The van der Waals surface area contributed by atoms with E-state index >= 15 is 0 Å². The summed E-state index contributed by atoms with van der Waals surface area (Å²) in [5.41, 5.74) is 0.131. The third kappa shape index (κ3) is 2.75. The van der Waals surface area contributed by atoms with Crippen LogP contribution in [0.15, 0.2) is 33.9 Å². The van der Waals surface area contributed by atoms with Crippen molar-refractivity contribution in [3.05, 3.63) is 62.4 Å². The smallest absolute Gasteiger partial charge is 0.331 e. The van der Waals surface area contributed by atoms with Crippen molar-refractivity contribution >= 4 is 16.9 Å². The second-order valence-electron chi connectivity index (χ2n) is 6.71. The van der Waals surface area contributed by atoms with Crippen LogP contribution in [0.2, 0.25) is 0 Å². The molecule has 1 aromatic carbocycles. The highest BCUT2D eigenvalue weighted by molar-refractivity contribution is 5.93. The highest BCUT2D eigenvalue weighted by Gasteiger charge is 2.34. The van der Waals surface area contributed by atoms with Crippen molar-refractivity contribution in [2.24, 2.45) is 14.1 Å².